The average molecular weight is 400 g/mol. The summed E-state index contributed by atoms with van der Waals surface area (Å²) in [5.41, 5.74) is 17.3. The van der Waals surface area contributed by atoms with E-state index in [0.29, 0.717) is 58.9 Å². The summed E-state index contributed by atoms with van der Waals surface area (Å²) in [5, 5.41) is 1.63. The van der Waals surface area contributed by atoms with Crippen LogP contribution in [0.4, 0.5) is 0 Å². The Bertz CT molecular complexity index is 406. The van der Waals surface area contributed by atoms with E-state index in [1.807, 2.05) is 34.6 Å². The van der Waals surface area contributed by atoms with Crippen LogP contribution < -0.4 is 17.2 Å². The van der Waals surface area contributed by atoms with E-state index < -0.39 is 16.6 Å². The molecule has 0 aliphatic rings. The first-order valence-electron chi connectivity index (χ1n) is 9.38. The van der Waals surface area contributed by atoms with Gasteiger partial charge in [-0.2, -0.15) is 0 Å². The van der Waals surface area contributed by atoms with Crippen LogP contribution in [-0.2, 0) is 26.6 Å². The molecule has 0 heterocycles. The normalized spacial score (nSPS) is 13.6. The van der Waals surface area contributed by atoms with Gasteiger partial charge in [-0.25, -0.2) is 0 Å². The van der Waals surface area contributed by atoms with E-state index in [-0.39, 0.29) is 6.10 Å². The molecule has 0 saturated carbocycles. The summed E-state index contributed by atoms with van der Waals surface area (Å²) < 4.78 is 30.8. The van der Waals surface area contributed by atoms with Gasteiger partial charge in [0.2, 0.25) is 0 Å². The van der Waals surface area contributed by atoms with E-state index in [4.69, 9.17) is 23.9 Å². The SMILES string of the molecule is CCN(CCN)[O][Ti](=[O])([O]C(C)C)([N](CC)CCN)[N](CC)CCN. The molecule has 0 bridgehead atoms. The van der Waals surface area contributed by atoms with Crippen LogP contribution in [0.15, 0.2) is 0 Å². The van der Waals surface area contributed by atoms with Gasteiger partial charge in [-0.15, -0.1) is 0 Å². The Labute approximate surface area is 155 Å². The fourth-order valence-corrected chi connectivity index (χ4v) is 10.1. The van der Waals surface area contributed by atoms with Gasteiger partial charge in [-0.1, -0.05) is 0 Å². The fraction of sp³-hybridized carbons (Fsp3) is 1.00. The second kappa shape index (κ2) is 11.8. The monoisotopic (exact) mass is 400 g/mol. The van der Waals surface area contributed by atoms with Gasteiger partial charge in [-0.3, -0.25) is 0 Å². The van der Waals surface area contributed by atoms with Crippen LogP contribution in [0.2, 0.25) is 0 Å². The van der Waals surface area contributed by atoms with Crippen molar-refractivity contribution < 1.29 is 26.6 Å². The summed E-state index contributed by atoms with van der Waals surface area (Å²) in [6, 6.07) is 0. The van der Waals surface area contributed by atoms with Crippen molar-refractivity contribution in [1.29, 1.82) is 0 Å². The topological polar surface area (TPSA) is 123 Å². The van der Waals surface area contributed by atoms with E-state index in [0.717, 1.165) is 0 Å². The third kappa shape index (κ3) is 6.39. The first-order valence-corrected chi connectivity index (χ1v) is 12.7. The van der Waals surface area contributed by atoms with Crippen molar-refractivity contribution in [2.45, 2.75) is 40.7 Å². The van der Waals surface area contributed by atoms with Crippen molar-refractivity contribution in [3.63, 3.8) is 0 Å². The molecular formula is C15H40N6O3Ti. The van der Waals surface area contributed by atoms with Gasteiger partial charge >= 0.3 is 155 Å². The Hall–Kier alpha value is 0.194. The average Bonchev–Trinajstić information content (AvgIpc) is 2.56. The molecule has 0 amide bonds. The molecule has 0 rings (SSSR count). The summed E-state index contributed by atoms with van der Waals surface area (Å²) in [6.07, 6.45) is -0.287. The molecule has 10 heteroatoms. The van der Waals surface area contributed by atoms with Gasteiger partial charge in [-0.05, 0) is 0 Å². The molecule has 152 valence electrons. The maximum atomic E-state index is 14.8. The van der Waals surface area contributed by atoms with Crippen LogP contribution in [0.5, 0.6) is 0 Å². The molecule has 0 aromatic rings. The summed E-state index contributed by atoms with van der Waals surface area (Å²) in [5.74, 6) is 0. The standard InChI is InChI=1S/C4H11N2O.2C4H11N2.C3H7O.O.Ti/c1-2-6(7)4-3-5;2*1-2-6-4-3-5;1-3(2)4;;/h2-5H2,1H3;2*2-5H2,1H3;3H,1-2H3;;/q4*-1;;+4. The van der Waals surface area contributed by atoms with Gasteiger partial charge in [0.1, 0.15) is 0 Å². The second-order valence-corrected chi connectivity index (χ2v) is 11.6. The van der Waals surface area contributed by atoms with Gasteiger partial charge in [0.25, 0.3) is 0 Å². The number of hydrogen-bond donors (Lipinski definition) is 3. The van der Waals surface area contributed by atoms with Gasteiger partial charge in [0.15, 0.2) is 0 Å². The first kappa shape index (κ1) is 25.2. The molecule has 0 aromatic carbocycles. The zero-order valence-corrected chi connectivity index (χ0v) is 18.3. The molecule has 9 nitrogen and oxygen atoms in total. The predicted molar refractivity (Wildman–Crippen MR) is 96.9 cm³/mol. The van der Waals surface area contributed by atoms with Crippen LogP contribution in [0.25, 0.3) is 0 Å². The zero-order chi connectivity index (χ0) is 19.5. The predicted octanol–water partition coefficient (Wildman–Crippen LogP) is -0.120. The molecule has 25 heavy (non-hydrogen) atoms. The Morgan fingerprint density at radius 3 is 1.56 bits per heavy atom. The number of hydrogen-bond acceptors (Lipinski definition) is 7. The number of rotatable bonds is 15. The second-order valence-electron chi connectivity index (χ2n) is 6.20. The summed E-state index contributed by atoms with van der Waals surface area (Å²) in [4.78, 5) is 0. The Kier molecular flexibility index (Phi) is 11.9. The van der Waals surface area contributed by atoms with E-state index in [1.165, 1.54) is 0 Å². The molecule has 0 unspecified atom stereocenters. The third-order valence-corrected chi connectivity index (χ3v) is 11.3. The molecule has 0 aliphatic carbocycles. The van der Waals surface area contributed by atoms with E-state index >= 15 is 0 Å². The molecule has 0 spiro atoms. The Morgan fingerprint density at radius 1 is 0.840 bits per heavy atom. The zero-order valence-electron chi connectivity index (χ0n) is 16.7. The summed E-state index contributed by atoms with van der Waals surface area (Å²) in [7, 11) is 0. The van der Waals surface area contributed by atoms with Gasteiger partial charge < -0.3 is 0 Å². The molecule has 0 atom stereocenters. The molecule has 0 aliphatic heterocycles. The van der Waals surface area contributed by atoms with E-state index in [2.05, 4.69) is 0 Å². The molecule has 0 radical (unpaired) electrons. The van der Waals surface area contributed by atoms with Crippen molar-refractivity contribution >= 4 is 0 Å². The van der Waals surface area contributed by atoms with Crippen LogP contribution in [0, 0.1) is 0 Å². The van der Waals surface area contributed by atoms with E-state index in [1.54, 1.807) is 11.8 Å². The molecule has 0 saturated heterocycles. The van der Waals surface area contributed by atoms with Crippen molar-refractivity contribution in [3.8, 4) is 0 Å². The van der Waals surface area contributed by atoms with Crippen molar-refractivity contribution in [1.82, 2.24) is 11.8 Å². The quantitative estimate of drug-likeness (QED) is 0.255. The number of nitrogens with two attached hydrogens (primary N) is 3. The van der Waals surface area contributed by atoms with E-state index in [9.17, 15) is 3.32 Å². The molecule has 0 fully saturated rings. The number of hydroxylamine groups is 2. The Balaban J connectivity index is 6.33. The van der Waals surface area contributed by atoms with Crippen LogP contribution in [0.3, 0.4) is 0 Å². The third-order valence-electron chi connectivity index (χ3n) is 4.07. The van der Waals surface area contributed by atoms with Crippen molar-refractivity contribution in [2.24, 2.45) is 17.2 Å². The molecule has 6 N–H and O–H groups in total. The van der Waals surface area contributed by atoms with Gasteiger partial charge in [0.05, 0.1) is 0 Å². The summed E-state index contributed by atoms with van der Waals surface area (Å²) >= 11 is -5.54. The number of nitrogens with zero attached hydrogens (tertiary/aromatic N) is 3. The molecular weight excluding hydrogens is 360 g/mol. The minimum atomic E-state index is -5.54. The molecule has 0 aromatic heterocycles. The van der Waals surface area contributed by atoms with Crippen LogP contribution in [0.1, 0.15) is 34.6 Å². The maximum absolute atomic E-state index is 14.8. The van der Waals surface area contributed by atoms with Crippen LogP contribution >= 0.6 is 0 Å². The van der Waals surface area contributed by atoms with Gasteiger partial charge in [0, 0.05) is 0 Å². The minimum absolute atomic E-state index is 0.287. The fourth-order valence-electron chi connectivity index (χ4n) is 3.05. The number of likely N-dealkylation sites (N-methyl/N-ethyl adjacent to an activating group) is 3. The first-order chi connectivity index (χ1) is 11.8. The van der Waals surface area contributed by atoms with Crippen LogP contribution in [-0.4, -0.2) is 76.8 Å². The Morgan fingerprint density at radius 2 is 1.28 bits per heavy atom. The summed E-state index contributed by atoms with van der Waals surface area (Å²) in [6.45, 7) is 13.4. The van der Waals surface area contributed by atoms with Crippen molar-refractivity contribution in [2.75, 3.05) is 58.9 Å². The van der Waals surface area contributed by atoms with Crippen molar-refractivity contribution in [3.05, 3.63) is 0 Å².